The van der Waals surface area contributed by atoms with Gasteiger partial charge in [0.1, 0.15) is 5.15 Å². The zero-order valence-corrected chi connectivity index (χ0v) is 19.1. The molecule has 1 aromatic carbocycles. The van der Waals surface area contributed by atoms with Crippen LogP contribution in [0.3, 0.4) is 0 Å². The number of amides is 2. The van der Waals surface area contributed by atoms with Crippen molar-refractivity contribution in [1.29, 1.82) is 0 Å². The number of nitrogens with zero attached hydrogens (tertiary/aromatic N) is 3. The van der Waals surface area contributed by atoms with Crippen molar-refractivity contribution < 1.29 is 14.3 Å². The number of halogens is 1. The molecule has 1 saturated carbocycles. The Balaban J connectivity index is 1.17. The molecule has 0 N–H and O–H groups in total. The van der Waals surface area contributed by atoms with E-state index in [0.29, 0.717) is 36.4 Å². The fourth-order valence-corrected chi connectivity index (χ4v) is 5.57. The maximum Gasteiger partial charge on any atom is 0.254 e. The first-order valence-corrected chi connectivity index (χ1v) is 11.7. The van der Waals surface area contributed by atoms with E-state index in [1.54, 1.807) is 12.1 Å². The van der Waals surface area contributed by atoms with E-state index in [-0.39, 0.29) is 22.4 Å². The van der Waals surface area contributed by atoms with Crippen LogP contribution in [0.2, 0.25) is 5.15 Å². The molecule has 5 rings (SSSR count). The molecule has 1 spiro atoms. The minimum absolute atomic E-state index is 0.0444. The molecule has 2 aliphatic heterocycles. The highest BCUT2D eigenvalue weighted by atomic mass is 35.5. The minimum atomic E-state index is -0.0444. The molecule has 3 aliphatic rings. The molecule has 6 nitrogen and oxygen atoms in total. The molecule has 2 saturated heterocycles. The Kier molecular flexibility index (Phi) is 5.58. The van der Waals surface area contributed by atoms with Gasteiger partial charge in [0.2, 0.25) is 11.8 Å². The predicted molar refractivity (Wildman–Crippen MR) is 122 cm³/mol. The molecule has 168 valence electrons. The summed E-state index contributed by atoms with van der Waals surface area (Å²) >= 11 is 6.04. The summed E-state index contributed by atoms with van der Waals surface area (Å²) in [6, 6.07) is 13.6. The molecule has 1 aromatic heterocycles. The molecular weight excluding hydrogens is 426 g/mol. The summed E-state index contributed by atoms with van der Waals surface area (Å²) in [5, 5.41) is 0.250. The highest BCUT2D eigenvalue weighted by Crippen LogP contribution is 2.50. The van der Waals surface area contributed by atoms with Gasteiger partial charge in [0.25, 0.3) is 5.91 Å². The van der Waals surface area contributed by atoms with Crippen LogP contribution in [-0.4, -0.2) is 59.9 Å². The van der Waals surface area contributed by atoms with Crippen molar-refractivity contribution >= 4 is 23.4 Å². The first-order chi connectivity index (χ1) is 15.5. The third-order valence-electron chi connectivity index (χ3n) is 7.42. The summed E-state index contributed by atoms with van der Waals surface area (Å²) in [6.45, 7) is 3.04. The van der Waals surface area contributed by atoms with Gasteiger partial charge >= 0.3 is 0 Å². The average molecular weight is 454 g/mol. The Bertz CT molecular complexity index is 1020. The van der Waals surface area contributed by atoms with E-state index in [1.807, 2.05) is 23.1 Å². The van der Waals surface area contributed by atoms with E-state index in [9.17, 15) is 9.59 Å². The van der Waals surface area contributed by atoms with Crippen LogP contribution < -0.4 is 4.74 Å². The maximum absolute atomic E-state index is 13.1. The summed E-state index contributed by atoms with van der Waals surface area (Å²) in [5.74, 6) is 1.13. The summed E-state index contributed by atoms with van der Waals surface area (Å²) in [6.07, 6.45) is 3.83. The van der Waals surface area contributed by atoms with E-state index in [1.165, 1.54) is 12.7 Å². The summed E-state index contributed by atoms with van der Waals surface area (Å²) in [7, 11) is 1.51. The normalized spacial score (nSPS) is 23.9. The van der Waals surface area contributed by atoms with Gasteiger partial charge in [-0.05, 0) is 48.6 Å². The van der Waals surface area contributed by atoms with Crippen molar-refractivity contribution in [1.82, 2.24) is 14.8 Å². The Morgan fingerprint density at radius 3 is 2.44 bits per heavy atom. The molecule has 0 radical (unpaired) electrons. The number of carbonyl (C=O) groups is 2. The molecular formula is C25H28ClN3O3. The van der Waals surface area contributed by atoms with Gasteiger partial charge in [0.15, 0.2) is 0 Å². The van der Waals surface area contributed by atoms with Crippen LogP contribution in [0.5, 0.6) is 5.88 Å². The van der Waals surface area contributed by atoms with Crippen LogP contribution in [0.15, 0.2) is 42.5 Å². The van der Waals surface area contributed by atoms with Gasteiger partial charge in [-0.25, -0.2) is 4.98 Å². The molecule has 7 heteroatoms. The number of aromatic nitrogens is 1. The Hall–Kier alpha value is -2.60. The van der Waals surface area contributed by atoms with Crippen LogP contribution >= 0.6 is 11.6 Å². The molecule has 0 unspecified atom stereocenters. The molecule has 2 atom stereocenters. The lowest BCUT2D eigenvalue weighted by molar-refractivity contribution is -0.132. The number of pyridine rings is 1. The number of benzene rings is 1. The van der Waals surface area contributed by atoms with Gasteiger partial charge in [-0.15, -0.1) is 0 Å². The maximum atomic E-state index is 13.1. The van der Waals surface area contributed by atoms with Crippen LogP contribution in [0.1, 0.15) is 47.5 Å². The van der Waals surface area contributed by atoms with E-state index in [2.05, 4.69) is 22.0 Å². The van der Waals surface area contributed by atoms with Gasteiger partial charge in [-0.1, -0.05) is 41.9 Å². The number of methoxy groups -OCH3 is 1. The van der Waals surface area contributed by atoms with E-state index < -0.39 is 0 Å². The lowest BCUT2D eigenvalue weighted by Crippen LogP contribution is -2.44. The first kappa shape index (κ1) is 21.3. The standard InChI is InChI=1S/C25H28ClN3O3/c1-32-22-14-18(13-21(26)27-22)23(30)28-10-7-25(8-11-28)9-12-29(16-25)24(31)20-15-19(20)17-5-3-2-4-6-17/h2-6,13-14,19-20H,7-12,15-16H2,1H3/t19-,20+/m0/s1. The molecule has 1 aliphatic carbocycles. The molecule has 3 fully saturated rings. The van der Waals surface area contributed by atoms with Crippen molar-refractivity contribution in [3.8, 4) is 5.88 Å². The van der Waals surface area contributed by atoms with Crippen LogP contribution in [0, 0.1) is 11.3 Å². The van der Waals surface area contributed by atoms with Crippen LogP contribution in [-0.2, 0) is 4.79 Å². The SMILES string of the molecule is COc1cc(C(=O)N2CCC3(CC2)CCN(C(=O)[C@@H]2C[C@H]2c2ccccc2)C3)cc(Cl)n1. The average Bonchev–Trinajstić information content (AvgIpc) is 3.53. The van der Waals surface area contributed by atoms with E-state index in [4.69, 9.17) is 16.3 Å². The van der Waals surface area contributed by atoms with Gasteiger partial charge in [0.05, 0.1) is 7.11 Å². The summed E-state index contributed by atoms with van der Waals surface area (Å²) in [4.78, 5) is 34.1. The molecule has 2 aromatic rings. The van der Waals surface area contributed by atoms with Crippen molar-refractivity contribution in [2.45, 2.75) is 31.6 Å². The zero-order chi connectivity index (χ0) is 22.3. The number of hydrogen-bond acceptors (Lipinski definition) is 4. The first-order valence-electron chi connectivity index (χ1n) is 11.3. The largest absolute Gasteiger partial charge is 0.481 e. The van der Waals surface area contributed by atoms with Crippen LogP contribution in [0.25, 0.3) is 0 Å². The highest BCUT2D eigenvalue weighted by Gasteiger charge is 2.49. The molecule has 0 bridgehead atoms. The zero-order valence-electron chi connectivity index (χ0n) is 18.3. The second-order valence-corrected chi connectivity index (χ2v) is 9.77. The number of hydrogen-bond donors (Lipinski definition) is 0. The molecule has 2 amide bonds. The lowest BCUT2D eigenvalue weighted by atomic mass is 9.77. The van der Waals surface area contributed by atoms with Crippen molar-refractivity contribution in [2.24, 2.45) is 11.3 Å². The Morgan fingerprint density at radius 2 is 1.75 bits per heavy atom. The van der Waals surface area contributed by atoms with Gasteiger partial charge in [-0.2, -0.15) is 0 Å². The quantitative estimate of drug-likeness (QED) is 0.656. The fraction of sp³-hybridized carbons (Fsp3) is 0.480. The topological polar surface area (TPSA) is 62.7 Å². The number of ether oxygens (including phenoxy) is 1. The Morgan fingerprint density at radius 1 is 1.06 bits per heavy atom. The van der Waals surface area contributed by atoms with Gasteiger partial charge in [0, 0.05) is 43.7 Å². The van der Waals surface area contributed by atoms with Gasteiger partial charge in [-0.3, -0.25) is 9.59 Å². The highest BCUT2D eigenvalue weighted by molar-refractivity contribution is 6.29. The second-order valence-electron chi connectivity index (χ2n) is 9.38. The Labute approximate surface area is 193 Å². The number of likely N-dealkylation sites (tertiary alicyclic amines) is 2. The smallest absolute Gasteiger partial charge is 0.254 e. The summed E-state index contributed by atoms with van der Waals surface area (Å²) < 4.78 is 5.14. The van der Waals surface area contributed by atoms with E-state index in [0.717, 1.165) is 38.8 Å². The number of carbonyl (C=O) groups excluding carboxylic acids is 2. The molecule has 3 heterocycles. The van der Waals surface area contributed by atoms with Crippen molar-refractivity contribution in [3.63, 3.8) is 0 Å². The molecule has 32 heavy (non-hydrogen) atoms. The van der Waals surface area contributed by atoms with Crippen molar-refractivity contribution in [2.75, 3.05) is 33.3 Å². The van der Waals surface area contributed by atoms with Gasteiger partial charge < -0.3 is 14.5 Å². The number of rotatable bonds is 4. The van der Waals surface area contributed by atoms with E-state index >= 15 is 0 Å². The third kappa shape index (κ3) is 4.08. The minimum Gasteiger partial charge on any atom is -0.481 e. The number of piperidine rings is 1. The van der Waals surface area contributed by atoms with Crippen molar-refractivity contribution in [3.05, 3.63) is 58.7 Å². The second kappa shape index (κ2) is 8.39. The monoisotopic (exact) mass is 453 g/mol. The fourth-order valence-electron chi connectivity index (χ4n) is 5.37. The summed E-state index contributed by atoms with van der Waals surface area (Å²) in [5.41, 5.74) is 1.91. The lowest BCUT2D eigenvalue weighted by Gasteiger charge is -2.39. The van der Waals surface area contributed by atoms with Crippen LogP contribution in [0.4, 0.5) is 0 Å². The third-order valence-corrected chi connectivity index (χ3v) is 7.62. The predicted octanol–water partition coefficient (Wildman–Crippen LogP) is 4.00.